The average Bonchev–Trinajstić information content (AvgIpc) is 2.28. The largest absolute Gasteiger partial charge is 0.422 e. The van der Waals surface area contributed by atoms with E-state index in [1.165, 1.54) is 0 Å². The Morgan fingerprint density at radius 3 is 2.73 bits per heavy atom. The molecule has 0 radical (unpaired) electrons. The lowest BCUT2D eigenvalue weighted by Crippen LogP contribution is -2.09. The number of nitriles is 1. The van der Waals surface area contributed by atoms with Crippen LogP contribution in [-0.2, 0) is 4.79 Å². The highest BCUT2D eigenvalue weighted by molar-refractivity contribution is 5.93. The Labute approximate surface area is 87.9 Å². The second kappa shape index (κ2) is 4.77. The Morgan fingerprint density at radius 1 is 1.47 bits per heavy atom. The lowest BCUT2D eigenvalue weighted by molar-refractivity contribution is -0.129. The summed E-state index contributed by atoms with van der Waals surface area (Å²) in [6.07, 6.45) is 1.57. The van der Waals surface area contributed by atoms with Gasteiger partial charge in [-0.2, -0.15) is 5.26 Å². The zero-order valence-corrected chi connectivity index (χ0v) is 8.06. The molecule has 0 aromatic heterocycles. The van der Waals surface area contributed by atoms with E-state index in [2.05, 4.69) is 13.2 Å². The van der Waals surface area contributed by atoms with Crippen LogP contribution in [0.3, 0.4) is 0 Å². The van der Waals surface area contributed by atoms with E-state index in [1.54, 1.807) is 36.4 Å². The number of carbonyl (C=O) groups excluding carboxylic acids is 1. The van der Waals surface area contributed by atoms with Gasteiger partial charge >= 0.3 is 5.97 Å². The summed E-state index contributed by atoms with van der Waals surface area (Å²) in [5.41, 5.74) is 0.463. The Bertz CT molecular complexity index is 455. The third-order valence-electron chi connectivity index (χ3n) is 1.72. The monoisotopic (exact) mass is 199 g/mol. The number of ether oxygens (including phenoxy) is 1. The number of rotatable bonds is 3. The highest BCUT2D eigenvalue weighted by Crippen LogP contribution is 2.19. The van der Waals surface area contributed by atoms with E-state index in [1.807, 2.05) is 0 Å². The van der Waals surface area contributed by atoms with Crippen molar-refractivity contribution in [1.29, 1.82) is 5.26 Å². The van der Waals surface area contributed by atoms with E-state index in [-0.39, 0.29) is 5.57 Å². The molecule has 0 aliphatic carbocycles. The first-order valence-electron chi connectivity index (χ1n) is 4.21. The van der Waals surface area contributed by atoms with Gasteiger partial charge in [0, 0.05) is 5.56 Å². The summed E-state index contributed by atoms with van der Waals surface area (Å²) < 4.78 is 4.96. The van der Waals surface area contributed by atoms with Gasteiger partial charge in [0.25, 0.3) is 0 Å². The molecule has 1 rings (SSSR count). The van der Waals surface area contributed by atoms with Crippen molar-refractivity contribution >= 4 is 12.0 Å². The normalized spacial score (nSPS) is 8.73. The van der Waals surface area contributed by atoms with Crippen LogP contribution in [0, 0.1) is 11.3 Å². The van der Waals surface area contributed by atoms with Crippen LogP contribution < -0.4 is 4.74 Å². The van der Waals surface area contributed by atoms with Crippen LogP contribution in [0.4, 0.5) is 0 Å². The number of carbonyl (C=O) groups is 1. The minimum absolute atomic E-state index is 0.228. The third-order valence-corrected chi connectivity index (χ3v) is 1.72. The van der Waals surface area contributed by atoms with E-state index in [4.69, 9.17) is 10.00 Å². The zero-order valence-electron chi connectivity index (χ0n) is 8.06. The summed E-state index contributed by atoms with van der Waals surface area (Å²) in [6.45, 7) is 6.85. The number of benzene rings is 1. The van der Waals surface area contributed by atoms with Crippen LogP contribution in [0.25, 0.3) is 6.08 Å². The molecule has 15 heavy (non-hydrogen) atoms. The minimum atomic E-state index is -0.744. The van der Waals surface area contributed by atoms with Crippen LogP contribution in [-0.4, -0.2) is 5.97 Å². The van der Waals surface area contributed by atoms with Gasteiger partial charge < -0.3 is 4.74 Å². The Morgan fingerprint density at radius 2 is 2.13 bits per heavy atom. The zero-order chi connectivity index (χ0) is 11.3. The van der Waals surface area contributed by atoms with E-state index in [9.17, 15) is 4.79 Å². The fraction of sp³-hybridized carbons (Fsp3) is 0. The van der Waals surface area contributed by atoms with Gasteiger partial charge in [0.05, 0.1) is 0 Å². The van der Waals surface area contributed by atoms with Crippen molar-refractivity contribution < 1.29 is 9.53 Å². The molecule has 0 unspecified atom stereocenters. The SMILES string of the molecule is C=Cc1ccccc1OC(=O)C(=C)C#N. The second-order valence-corrected chi connectivity index (χ2v) is 2.72. The van der Waals surface area contributed by atoms with Crippen molar-refractivity contribution in [2.75, 3.05) is 0 Å². The Kier molecular flexibility index (Phi) is 3.42. The maximum atomic E-state index is 11.2. The quantitative estimate of drug-likeness (QED) is 0.325. The van der Waals surface area contributed by atoms with Crippen LogP contribution in [0.15, 0.2) is 43.0 Å². The summed E-state index contributed by atoms with van der Waals surface area (Å²) in [5, 5.41) is 8.44. The first-order valence-corrected chi connectivity index (χ1v) is 4.21. The maximum Gasteiger partial charge on any atom is 0.353 e. The molecule has 0 spiro atoms. The average molecular weight is 199 g/mol. The highest BCUT2D eigenvalue weighted by Gasteiger charge is 2.10. The standard InChI is InChI=1S/C12H9NO2/c1-3-10-6-4-5-7-11(10)15-12(14)9(2)8-13/h3-7H,1-2H2. The Balaban J connectivity index is 2.91. The molecule has 1 aromatic carbocycles. The predicted molar refractivity (Wildman–Crippen MR) is 56.9 cm³/mol. The third kappa shape index (κ3) is 2.55. The van der Waals surface area contributed by atoms with Gasteiger partial charge in [-0.3, -0.25) is 0 Å². The molecule has 0 fully saturated rings. The smallest absolute Gasteiger partial charge is 0.353 e. The molecule has 1 aromatic rings. The molecule has 0 amide bonds. The number of nitrogens with zero attached hydrogens (tertiary/aromatic N) is 1. The van der Waals surface area contributed by atoms with Crippen molar-refractivity contribution in [2.24, 2.45) is 0 Å². The van der Waals surface area contributed by atoms with Crippen LogP contribution in [0.5, 0.6) is 5.75 Å². The van der Waals surface area contributed by atoms with Crippen molar-refractivity contribution in [3.05, 3.63) is 48.6 Å². The summed E-state index contributed by atoms with van der Waals surface area (Å²) in [5.74, 6) is -0.374. The van der Waals surface area contributed by atoms with Crippen molar-refractivity contribution in [2.45, 2.75) is 0 Å². The topological polar surface area (TPSA) is 50.1 Å². The molecule has 0 aliphatic heterocycles. The molecular formula is C12H9NO2. The molecule has 0 saturated carbocycles. The lowest BCUT2D eigenvalue weighted by atomic mass is 10.2. The molecule has 0 atom stereocenters. The number of para-hydroxylation sites is 1. The van der Waals surface area contributed by atoms with Gasteiger partial charge in [0.2, 0.25) is 0 Å². The summed E-state index contributed by atoms with van der Waals surface area (Å²) >= 11 is 0. The molecule has 0 aliphatic rings. The van der Waals surface area contributed by atoms with Crippen LogP contribution in [0.2, 0.25) is 0 Å². The lowest BCUT2D eigenvalue weighted by Gasteiger charge is -2.05. The van der Waals surface area contributed by atoms with E-state index < -0.39 is 5.97 Å². The second-order valence-electron chi connectivity index (χ2n) is 2.72. The predicted octanol–water partition coefficient (Wildman–Crippen LogP) is 2.31. The highest BCUT2D eigenvalue weighted by atomic mass is 16.5. The van der Waals surface area contributed by atoms with Crippen molar-refractivity contribution in [3.8, 4) is 11.8 Å². The van der Waals surface area contributed by atoms with Gasteiger partial charge in [-0.05, 0) is 6.07 Å². The minimum Gasteiger partial charge on any atom is -0.422 e. The van der Waals surface area contributed by atoms with E-state index in [0.717, 1.165) is 0 Å². The van der Waals surface area contributed by atoms with Gasteiger partial charge in [-0.25, -0.2) is 4.79 Å². The first-order chi connectivity index (χ1) is 7.19. The summed E-state index contributed by atoms with van der Waals surface area (Å²) in [6, 6.07) is 8.53. The first kappa shape index (κ1) is 10.7. The van der Waals surface area contributed by atoms with Gasteiger partial charge in [-0.1, -0.05) is 37.4 Å². The van der Waals surface area contributed by atoms with E-state index in [0.29, 0.717) is 11.3 Å². The molecular weight excluding hydrogens is 190 g/mol. The number of hydrogen-bond acceptors (Lipinski definition) is 3. The molecule has 3 heteroatoms. The molecule has 0 N–H and O–H groups in total. The summed E-state index contributed by atoms with van der Waals surface area (Å²) in [7, 11) is 0. The van der Waals surface area contributed by atoms with Crippen LogP contribution in [0.1, 0.15) is 5.56 Å². The van der Waals surface area contributed by atoms with Crippen LogP contribution >= 0.6 is 0 Å². The molecule has 3 nitrogen and oxygen atoms in total. The van der Waals surface area contributed by atoms with Crippen molar-refractivity contribution in [3.63, 3.8) is 0 Å². The Hall–Kier alpha value is -2.34. The maximum absolute atomic E-state index is 11.2. The molecule has 74 valence electrons. The molecule has 0 bridgehead atoms. The molecule has 0 saturated heterocycles. The number of hydrogen-bond donors (Lipinski definition) is 0. The van der Waals surface area contributed by atoms with Gasteiger partial charge in [0.1, 0.15) is 17.4 Å². The fourth-order valence-electron chi connectivity index (χ4n) is 0.949. The van der Waals surface area contributed by atoms with Crippen molar-refractivity contribution in [1.82, 2.24) is 0 Å². The van der Waals surface area contributed by atoms with E-state index >= 15 is 0 Å². The molecule has 0 heterocycles. The van der Waals surface area contributed by atoms with Gasteiger partial charge in [0.15, 0.2) is 0 Å². The number of esters is 1. The summed E-state index contributed by atoms with van der Waals surface area (Å²) in [4.78, 5) is 11.2. The fourth-order valence-corrected chi connectivity index (χ4v) is 0.949. The van der Waals surface area contributed by atoms with Gasteiger partial charge in [-0.15, -0.1) is 0 Å².